The van der Waals surface area contributed by atoms with Crippen molar-refractivity contribution in [2.24, 2.45) is 0 Å². The Bertz CT molecular complexity index is 56.9. The van der Waals surface area contributed by atoms with E-state index in [9.17, 15) is 0 Å². The van der Waals surface area contributed by atoms with E-state index in [4.69, 9.17) is 4.74 Å². The first-order valence-corrected chi connectivity index (χ1v) is 9.10. The Morgan fingerprint density at radius 2 is 2.22 bits per heavy atom. The number of methoxy groups -OCH3 is 1. The second-order valence-electron chi connectivity index (χ2n) is 1.85. The van der Waals surface area contributed by atoms with E-state index in [0.29, 0.717) is 6.10 Å². The Morgan fingerprint density at radius 3 is 2.44 bits per heavy atom. The van der Waals surface area contributed by atoms with Gasteiger partial charge in [-0.05, 0) is 13.0 Å². The number of ether oxygens (including phenoxy) is 1. The SMILES string of the molecule is COC1CCNC1.II. The highest BCUT2D eigenvalue weighted by atomic mass is 128. The summed E-state index contributed by atoms with van der Waals surface area (Å²) in [6.07, 6.45) is 1.66. The maximum absolute atomic E-state index is 5.05. The van der Waals surface area contributed by atoms with Crippen LogP contribution in [-0.2, 0) is 4.74 Å². The first-order chi connectivity index (χ1) is 4.43. The summed E-state index contributed by atoms with van der Waals surface area (Å²) >= 11 is 4.24. The smallest absolute Gasteiger partial charge is 0.0707 e. The average Bonchev–Trinajstić information content (AvgIpc) is 2.43. The monoisotopic (exact) mass is 355 g/mol. The summed E-state index contributed by atoms with van der Waals surface area (Å²) in [5.41, 5.74) is 0. The molecule has 0 bridgehead atoms. The van der Waals surface area contributed by atoms with Crippen LogP contribution in [0.1, 0.15) is 6.42 Å². The van der Waals surface area contributed by atoms with Crippen LogP contribution in [0.2, 0.25) is 0 Å². The molecule has 0 radical (unpaired) electrons. The van der Waals surface area contributed by atoms with Crippen LogP contribution in [0.25, 0.3) is 0 Å². The summed E-state index contributed by atoms with van der Waals surface area (Å²) in [6, 6.07) is 0. The summed E-state index contributed by atoms with van der Waals surface area (Å²) < 4.78 is 5.05. The molecule has 1 N–H and O–H groups in total. The fourth-order valence-corrected chi connectivity index (χ4v) is 0.829. The van der Waals surface area contributed by atoms with Crippen LogP contribution in [0.3, 0.4) is 0 Å². The van der Waals surface area contributed by atoms with Crippen molar-refractivity contribution in [3.05, 3.63) is 0 Å². The van der Waals surface area contributed by atoms with Crippen LogP contribution in [-0.4, -0.2) is 26.3 Å². The van der Waals surface area contributed by atoms with Gasteiger partial charge in [-0.2, -0.15) is 0 Å². The third kappa shape index (κ3) is 4.74. The van der Waals surface area contributed by atoms with E-state index in [-0.39, 0.29) is 0 Å². The number of nitrogens with one attached hydrogen (secondary N) is 1. The van der Waals surface area contributed by atoms with Gasteiger partial charge in [0, 0.05) is 50.9 Å². The largest absolute Gasteiger partial charge is 0.380 e. The minimum atomic E-state index is 0.486. The molecular formula is C5H11I2NO. The Kier molecular flexibility index (Phi) is 8.63. The molecule has 2 nitrogen and oxygen atoms in total. The second kappa shape index (κ2) is 7.49. The molecule has 1 saturated heterocycles. The van der Waals surface area contributed by atoms with Gasteiger partial charge in [-0.3, -0.25) is 0 Å². The highest BCUT2D eigenvalue weighted by molar-refractivity contribution is 15.0. The van der Waals surface area contributed by atoms with Crippen LogP contribution in [0.15, 0.2) is 0 Å². The average molecular weight is 355 g/mol. The Hall–Kier alpha value is 1.38. The van der Waals surface area contributed by atoms with Gasteiger partial charge in [0.2, 0.25) is 0 Å². The fourth-order valence-electron chi connectivity index (χ4n) is 0.829. The highest BCUT2D eigenvalue weighted by Gasteiger charge is 2.11. The van der Waals surface area contributed by atoms with Crippen LogP contribution >= 0.6 is 37.2 Å². The molecule has 0 aromatic heterocycles. The minimum Gasteiger partial charge on any atom is -0.380 e. The van der Waals surface area contributed by atoms with Crippen molar-refractivity contribution in [3.63, 3.8) is 0 Å². The Morgan fingerprint density at radius 1 is 1.56 bits per heavy atom. The van der Waals surface area contributed by atoms with E-state index in [1.165, 1.54) is 6.42 Å². The molecule has 9 heavy (non-hydrogen) atoms. The molecule has 1 aliphatic rings. The molecule has 1 atom stereocenters. The fraction of sp³-hybridized carbons (Fsp3) is 1.00. The van der Waals surface area contributed by atoms with Crippen molar-refractivity contribution in [2.45, 2.75) is 12.5 Å². The first-order valence-electron chi connectivity index (χ1n) is 2.81. The molecule has 1 fully saturated rings. The van der Waals surface area contributed by atoms with Gasteiger partial charge in [0.15, 0.2) is 0 Å². The van der Waals surface area contributed by atoms with Crippen molar-refractivity contribution >= 4 is 37.2 Å². The van der Waals surface area contributed by atoms with E-state index < -0.39 is 0 Å². The molecular weight excluding hydrogens is 344 g/mol. The summed E-state index contributed by atoms with van der Waals surface area (Å²) in [4.78, 5) is 0. The van der Waals surface area contributed by atoms with Gasteiger partial charge in [0.25, 0.3) is 0 Å². The predicted molar refractivity (Wildman–Crippen MR) is 56.3 cm³/mol. The molecule has 0 amide bonds. The summed E-state index contributed by atoms with van der Waals surface area (Å²) in [6.45, 7) is 2.16. The van der Waals surface area contributed by atoms with E-state index >= 15 is 0 Å². The van der Waals surface area contributed by atoms with Crippen LogP contribution < -0.4 is 5.32 Å². The van der Waals surface area contributed by atoms with Gasteiger partial charge in [-0.15, -0.1) is 0 Å². The van der Waals surface area contributed by atoms with Gasteiger partial charge in [-0.25, -0.2) is 0 Å². The second-order valence-corrected chi connectivity index (χ2v) is 1.85. The minimum absolute atomic E-state index is 0.486. The molecule has 0 aromatic rings. The zero-order chi connectivity index (χ0) is 7.11. The summed E-state index contributed by atoms with van der Waals surface area (Å²) in [7, 11) is 1.76. The molecule has 0 aromatic carbocycles. The topological polar surface area (TPSA) is 21.3 Å². The summed E-state index contributed by atoms with van der Waals surface area (Å²) in [5.74, 6) is 0. The van der Waals surface area contributed by atoms with E-state index in [1.54, 1.807) is 7.11 Å². The Labute approximate surface area is 79.4 Å². The third-order valence-electron chi connectivity index (χ3n) is 1.35. The molecule has 56 valence electrons. The molecule has 0 saturated carbocycles. The van der Waals surface area contributed by atoms with Crippen molar-refractivity contribution < 1.29 is 4.74 Å². The highest BCUT2D eigenvalue weighted by Crippen LogP contribution is 1.99. The maximum atomic E-state index is 5.05. The zero-order valence-electron chi connectivity index (χ0n) is 5.36. The molecule has 4 heteroatoms. The summed E-state index contributed by atoms with van der Waals surface area (Å²) in [5, 5.41) is 3.20. The number of rotatable bonds is 1. The van der Waals surface area contributed by atoms with Crippen molar-refractivity contribution in [1.82, 2.24) is 5.32 Å². The predicted octanol–water partition coefficient (Wildman–Crippen LogP) is 1.77. The lowest BCUT2D eigenvalue weighted by atomic mass is 10.3. The van der Waals surface area contributed by atoms with Crippen LogP contribution in [0.5, 0.6) is 0 Å². The lowest BCUT2D eigenvalue weighted by Crippen LogP contribution is -2.14. The van der Waals surface area contributed by atoms with Gasteiger partial charge >= 0.3 is 0 Å². The molecule has 0 aliphatic carbocycles. The quantitative estimate of drug-likeness (QED) is 0.725. The maximum Gasteiger partial charge on any atom is 0.0707 e. The normalized spacial score (nSPS) is 25.0. The number of halogens is 2. The van der Waals surface area contributed by atoms with E-state index in [0.717, 1.165) is 13.1 Å². The molecule has 1 unspecified atom stereocenters. The number of hydrogen-bond donors (Lipinski definition) is 1. The molecule has 1 aliphatic heterocycles. The van der Waals surface area contributed by atoms with E-state index in [1.807, 2.05) is 0 Å². The van der Waals surface area contributed by atoms with Crippen molar-refractivity contribution in [3.8, 4) is 0 Å². The zero-order valence-corrected chi connectivity index (χ0v) is 9.68. The van der Waals surface area contributed by atoms with Crippen LogP contribution in [0.4, 0.5) is 0 Å². The first kappa shape index (κ1) is 10.4. The number of hydrogen-bond acceptors (Lipinski definition) is 2. The third-order valence-corrected chi connectivity index (χ3v) is 1.35. The lowest BCUT2D eigenvalue weighted by Gasteiger charge is -2.01. The van der Waals surface area contributed by atoms with Crippen molar-refractivity contribution in [1.29, 1.82) is 0 Å². The standard InChI is InChI=1S/C5H11NO.I2/c1-7-5-2-3-6-4-5;1-2/h5-6H,2-4H2,1H3;. The molecule has 1 rings (SSSR count). The van der Waals surface area contributed by atoms with Crippen molar-refractivity contribution in [2.75, 3.05) is 20.2 Å². The van der Waals surface area contributed by atoms with Gasteiger partial charge in [-0.1, -0.05) is 0 Å². The molecule has 0 spiro atoms. The lowest BCUT2D eigenvalue weighted by molar-refractivity contribution is 0.119. The van der Waals surface area contributed by atoms with Gasteiger partial charge in [0.1, 0.15) is 0 Å². The molecule has 1 heterocycles. The Balaban J connectivity index is 0.000000291. The van der Waals surface area contributed by atoms with Crippen LogP contribution in [0, 0.1) is 0 Å². The van der Waals surface area contributed by atoms with Gasteiger partial charge < -0.3 is 10.1 Å². The van der Waals surface area contributed by atoms with Gasteiger partial charge in [0.05, 0.1) is 6.10 Å². The van der Waals surface area contributed by atoms with E-state index in [2.05, 4.69) is 42.5 Å².